The standard InChI is InChI=1S/C17H17ClN2/c1-12-4-3-5-14(10-12)20-16-11-13(2)6-7-15(16)19-17(20)8-9-18/h3-7,10-11H,8-9H2,1-2H3. The van der Waals surface area contributed by atoms with Crippen LogP contribution in [0.1, 0.15) is 17.0 Å². The summed E-state index contributed by atoms with van der Waals surface area (Å²) in [6.45, 7) is 4.21. The van der Waals surface area contributed by atoms with E-state index in [1.165, 1.54) is 11.1 Å². The van der Waals surface area contributed by atoms with Crippen molar-refractivity contribution in [3.05, 3.63) is 59.4 Å². The Morgan fingerprint density at radius 1 is 1.05 bits per heavy atom. The highest BCUT2D eigenvalue weighted by atomic mass is 35.5. The van der Waals surface area contributed by atoms with Crippen molar-refractivity contribution in [1.82, 2.24) is 9.55 Å². The summed E-state index contributed by atoms with van der Waals surface area (Å²) in [7, 11) is 0. The fourth-order valence-corrected chi connectivity index (χ4v) is 2.71. The van der Waals surface area contributed by atoms with Crippen molar-refractivity contribution in [1.29, 1.82) is 0 Å². The first-order valence-corrected chi connectivity index (χ1v) is 7.33. The Kier molecular flexibility index (Phi) is 3.49. The van der Waals surface area contributed by atoms with Crippen LogP contribution in [0.3, 0.4) is 0 Å². The molecular formula is C17H17ClN2. The van der Waals surface area contributed by atoms with Crippen molar-refractivity contribution in [2.75, 3.05) is 5.88 Å². The topological polar surface area (TPSA) is 17.8 Å². The average Bonchev–Trinajstić information content (AvgIpc) is 2.76. The maximum absolute atomic E-state index is 5.93. The first kappa shape index (κ1) is 13.2. The van der Waals surface area contributed by atoms with Gasteiger partial charge >= 0.3 is 0 Å². The number of alkyl halides is 1. The summed E-state index contributed by atoms with van der Waals surface area (Å²) in [5.74, 6) is 1.60. The smallest absolute Gasteiger partial charge is 0.115 e. The lowest BCUT2D eigenvalue weighted by atomic mass is 10.2. The van der Waals surface area contributed by atoms with Crippen LogP contribution in [0.2, 0.25) is 0 Å². The number of rotatable bonds is 3. The van der Waals surface area contributed by atoms with E-state index in [1.54, 1.807) is 0 Å². The molecular weight excluding hydrogens is 268 g/mol. The van der Waals surface area contributed by atoms with Gasteiger partial charge in [0.05, 0.1) is 11.0 Å². The number of fused-ring (bicyclic) bond motifs is 1. The predicted octanol–water partition coefficient (Wildman–Crippen LogP) is 4.42. The van der Waals surface area contributed by atoms with Gasteiger partial charge in [-0.15, -0.1) is 11.6 Å². The molecule has 1 aromatic heterocycles. The van der Waals surface area contributed by atoms with Crippen LogP contribution in [0.25, 0.3) is 16.7 Å². The summed E-state index contributed by atoms with van der Waals surface area (Å²) in [5.41, 5.74) is 5.81. The molecule has 3 aromatic rings. The van der Waals surface area contributed by atoms with Gasteiger partial charge in [-0.05, 0) is 49.2 Å². The van der Waals surface area contributed by atoms with Crippen molar-refractivity contribution in [2.45, 2.75) is 20.3 Å². The Balaban J connectivity index is 2.30. The van der Waals surface area contributed by atoms with Crippen LogP contribution < -0.4 is 0 Å². The van der Waals surface area contributed by atoms with E-state index in [0.29, 0.717) is 5.88 Å². The van der Waals surface area contributed by atoms with E-state index in [1.807, 2.05) is 0 Å². The lowest BCUT2D eigenvalue weighted by molar-refractivity contribution is 0.911. The molecule has 0 amide bonds. The van der Waals surface area contributed by atoms with Gasteiger partial charge in [0.15, 0.2) is 0 Å². The molecule has 2 aromatic carbocycles. The Morgan fingerprint density at radius 3 is 2.60 bits per heavy atom. The molecule has 0 aliphatic carbocycles. The van der Waals surface area contributed by atoms with Crippen LogP contribution in [0.4, 0.5) is 0 Å². The average molecular weight is 285 g/mol. The second-order valence-electron chi connectivity index (χ2n) is 5.13. The number of nitrogens with zero attached hydrogens (tertiary/aromatic N) is 2. The van der Waals surface area contributed by atoms with Gasteiger partial charge in [-0.3, -0.25) is 4.57 Å². The molecule has 0 radical (unpaired) electrons. The van der Waals surface area contributed by atoms with E-state index in [4.69, 9.17) is 16.6 Å². The lowest BCUT2D eigenvalue weighted by Crippen LogP contribution is -2.02. The van der Waals surface area contributed by atoms with Crippen LogP contribution in [0.15, 0.2) is 42.5 Å². The van der Waals surface area contributed by atoms with Gasteiger partial charge in [-0.25, -0.2) is 4.98 Å². The van der Waals surface area contributed by atoms with Crippen molar-refractivity contribution < 1.29 is 0 Å². The van der Waals surface area contributed by atoms with Gasteiger partial charge in [0.2, 0.25) is 0 Å². The minimum Gasteiger partial charge on any atom is -0.296 e. The molecule has 3 rings (SSSR count). The summed E-state index contributed by atoms with van der Waals surface area (Å²) in [6.07, 6.45) is 0.767. The number of hydrogen-bond donors (Lipinski definition) is 0. The molecule has 0 aliphatic rings. The maximum Gasteiger partial charge on any atom is 0.115 e. The van der Waals surface area contributed by atoms with E-state index >= 15 is 0 Å². The highest BCUT2D eigenvalue weighted by Gasteiger charge is 2.12. The molecule has 0 atom stereocenters. The fraction of sp³-hybridized carbons (Fsp3) is 0.235. The molecule has 102 valence electrons. The maximum atomic E-state index is 5.93. The first-order valence-electron chi connectivity index (χ1n) is 6.80. The zero-order chi connectivity index (χ0) is 14.1. The second kappa shape index (κ2) is 5.29. The molecule has 2 nitrogen and oxygen atoms in total. The molecule has 0 saturated heterocycles. The second-order valence-corrected chi connectivity index (χ2v) is 5.51. The van der Waals surface area contributed by atoms with Crippen LogP contribution in [-0.4, -0.2) is 15.4 Å². The van der Waals surface area contributed by atoms with Gasteiger partial charge in [0.1, 0.15) is 5.82 Å². The third kappa shape index (κ3) is 2.32. The first-order chi connectivity index (χ1) is 9.69. The zero-order valence-corrected chi connectivity index (χ0v) is 12.5. The van der Waals surface area contributed by atoms with Crippen molar-refractivity contribution in [3.8, 4) is 5.69 Å². The van der Waals surface area contributed by atoms with Crippen molar-refractivity contribution in [3.63, 3.8) is 0 Å². The number of hydrogen-bond acceptors (Lipinski definition) is 1. The molecule has 0 unspecified atom stereocenters. The summed E-state index contributed by atoms with van der Waals surface area (Å²) >= 11 is 5.93. The highest BCUT2D eigenvalue weighted by molar-refractivity contribution is 6.17. The largest absolute Gasteiger partial charge is 0.296 e. The molecule has 0 spiro atoms. The Hall–Kier alpha value is -1.80. The minimum atomic E-state index is 0.577. The van der Waals surface area contributed by atoms with Crippen LogP contribution >= 0.6 is 11.6 Å². The number of aryl methyl sites for hydroxylation is 3. The van der Waals surface area contributed by atoms with E-state index in [-0.39, 0.29) is 0 Å². The van der Waals surface area contributed by atoms with Crippen molar-refractivity contribution >= 4 is 22.6 Å². The van der Waals surface area contributed by atoms with Gasteiger partial charge < -0.3 is 0 Å². The van der Waals surface area contributed by atoms with Crippen LogP contribution in [-0.2, 0) is 6.42 Å². The third-order valence-corrected chi connectivity index (χ3v) is 3.65. The molecule has 1 heterocycles. The van der Waals surface area contributed by atoms with Crippen LogP contribution in [0, 0.1) is 13.8 Å². The third-order valence-electron chi connectivity index (χ3n) is 3.46. The fourth-order valence-electron chi connectivity index (χ4n) is 2.54. The summed E-state index contributed by atoms with van der Waals surface area (Å²) in [4.78, 5) is 4.73. The van der Waals surface area contributed by atoms with Gasteiger partial charge in [-0.2, -0.15) is 0 Å². The zero-order valence-electron chi connectivity index (χ0n) is 11.7. The number of imidazole rings is 1. The minimum absolute atomic E-state index is 0.577. The monoisotopic (exact) mass is 284 g/mol. The Bertz CT molecular complexity index is 759. The number of benzene rings is 2. The molecule has 0 aliphatic heterocycles. The van der Waals surface area contributed by atoms with E-state index in [9.17, 15) is 0 Å². The predicted molar refractivity (Wildman–Crippen MR) is 85.0 cm³/mol. The Morgan fingerprint density at radius 2 is 1.85 bits per heavy atom. The molecule has 0 saturated carbocycles. The summed E-state index contributed by atoms with van der Waals surface area (Å²) in [6, 6.07) is 14.8. The lowest BCUT2D eigenvalue weighted by Gasteiger charge is -2.09. The van der Waals surface area contributed by atoms with Gasteiger partial charge in [0.25, 0.3) is 0 Å². The molecule has 0 bridgehead atoms. The number of halogens is 1. The van der Waals surface area contributed by atoms with E-state index in [2.05, 4.69) is 60.9 Å². The number of aromatic nitrogens is 2. The normalized spacial score (nSPS) is 11.2. The Labute approximate surface area is 124 Å². The van der Waals surface area contributed by atoms with Gasteiger partial charge in [0, 0.05) is 18.0 Å². The van der Waals surface area contributed by atoms with E-state index in [0.717, 1.165) is 29.0 Å². The SMILES string of the molecule is Cc1cccc(-n2c(CCCl)nc3ccc(C)cc32)c1. The van der Waals surface area contributed by atoms with E-state index < -0.39 is 0 Å². The van der Waals surface area contributed by atoms with Crippen LogP contribution in [0.5, 0.6) is 0 Å². The summed E-state index contributed by atoms with van der Waals surface area (Å²) < 4.78 is 2.22. The quantitative estimate of drug-likeness (QED) is 0.651. The highest BCUT2D eigenvalue weighted by Crippen LogP contribution is 2.23. The molecule has 0 fully saturated rings. The molecule has 20 heavy (non-hydrogen) atoms. The molecule has 3 heteroatoms. The van der Waals surface area contributed by atoms with Gasteiger partial charge in [-0.1, -0.05) is 18.2 Å². The molecule has 0 N–H and O–H groups in total. The van der Waals surface area contributed by atoms with Crippen molar-refractivity contribution in [2.24, 2.45) is 0 Å². The summed E-state index contributed by atoms with van der Waals surface area (Å²) in [5, 5.41) is 0.